The van der Waals surface area contributed by atoms with E-state index in [1.54, 1.807) is 0 Å². The van der Waals surface area contributed by atoms with Crippen LogP contribution in [0.5, 0.6) is 0 Å². The van der Waals surface area contributed by atoms with Crippen LogP contribution in [0.3, 0.4) is 0 Å². The van der Waals surface area contributed by atoms with Crippen LogP contribution in [0.15, 0.2) is 24.4 Å². The molecule has 0 aromatic carbocycles. The van der Waals surface area contributed by atoms with Gasteiger partial charge in [-0.15, -0.1) is 0 Å². The zero-order valence-electron chi connectivity index (χ0n) is 9.61. The summed E-state index contributed by atoms with van der Waals surface area (Å²) in [6.07, 6.45) is 4.46. The minimum Gasteiger partial charge on any atom is -0.317 e. The van der Waals surface area contributed by atoms with Gasteiger partial charge in [0.25, 0.3) is 0 Å². The Balaban J connectivity index is 2.01. The molecule has 3 rings (SSSR count). The van der Waals surface area contributed by atoms with Crippen LogP contribution < -0.4 is 5.32 Å². The molecule has 1 saturated heterocycles. The third kappa shape index (κ3) is 1.61. The molecule has 1 N–H and O–H groups in total. The first-order valence-electron chi connectivity index (χ1n) is 6.00. The van der Waals surface area contributed by atoms with E-state index in [0.29, 0.717) is 5.92 Å². The van der Waals surface area contributed by atoms with Crippen LogP contribution in [-0.4, -0.2) is 22.7 Å². The molecule has 0 amide bonds. The maximum absolute atomic E-state index is 4.69. The molecule has 0 spiro atoms. The van der Waals surface area contributed by atoms with Crippen LogP contribution in [0.25, 0.3) is 5.52 Å². The summed E-state index contributed by atoms with van der Waals surface area (Å²) in [5.41, 5.74) is 3.81. The highest BCUT2D eigenvalue weighted by molar-refractivity contribution is 5.54. The molecule has 2 aromatic heterocycles. The molecule has 16 heavy (non-hydrogen) atoms. The van der Waals surface area contributed by atoms with Crippen molar-refractivity contribution in [2.24, 2.45) is 0 Å². The van der Waals surface area contributed by atoms with Crippen molar-refractivity contribution in [2.75, 3.05) is 13.1 Å². The fourth-order valence-electron chi connectivity index (χ4n) is 2.49. The van der Waals surface area contributed by atoms with E-state index < -0.39 is 0 Å². The van der Waals surface area contributed by atoms with Gasteiger partial charge in [-0.25, -0.2) is 4.52 Å². The lowest BCUT2D eigenvalue weighted by Gasteiger charge is -2.20. The van der Waals surface area contributed by atoms with Crippen LogP contribution in [0.1, 0.15) is 30.0 Å². The van der Waals surface area contributed by atoms with E-state index in [2.05, 4.69) is 35.5 Å². The Labute approximate surface area is 95.5 Å². The predicted molar refractivity (Wildman–Crippen MR) is 64.8 cm³/mol. The molecule has 3 nitrogen and oxygen atoms in total. The number of nitrogens with one attached hydrogen (secondary N) is 1. The first-order valence-corrected chi connectivity index (χ1v) is 6.00. The molecule has 0 radical (unpaired) electrons. The SMILES string of the molecule is Cc1cccn2nc(C3CCNCC3)cc12. The van der Waals surface area contributed by atoms with E-state index in [1.807, 2.05) is 10.7 Å². The van der Waals surface area contributed by atoms with Crippen molar-refractivity contribution in [3.63, 3.8) is 0 Å². The molecule has 0 unspecified atom stereocenters. The normalized spacial score (nSPS) is 18.1. The van der Waals surface area contributed by atoms with Gasteiger partial charge in [0.1, 0.15) is 0 Å². The quantitative estimate of drug-likeness (QED) is 0.789. The molecule has 1 fully saturated rings. The van der Waals surface area contributed by atoms with E-state index >= 15 is 0 Å². The van der Waals surface area contributed by atoms with Crippen molar-refractivity contribution in [1.29, 1.82) is 0 Å². The number of hydrogen-bond acceptors (Lipinski definition) is 2. The highest BCUT2D eigenvalue weighted by atomic mass is 15.2. The van der Waals surface area contributed by atoms with Gasteiger partial charge in [-0.05, 0) is 50.6 Å². The minimum absolute atomic E-state index is 0.639. The zero-order valence-corrected chi connectivity index (χ0v) is 9.61. The van der Waals surface area contributed by atoms with Crippen molar-refractivity contribution in [3.8, 4) is 0 Å². The average molecular weight is 215 g/mol. The number of hydrogen-bond donors (Lipinski definition) is 1. The zero-order chi connectivity index (χ0) is 11.0. The first-order chi connectivity index (χ1) is 7.84. The van der Waals surface area contributed by atoms with Gasteiger partial charge in [0, 0.05) is 12.1 Å². The Morgan fingerprint density at radius 1 is 1.38 bits per heavy atom. The summed E-state index contributed by atoms with van der Waals surface area (Å²) >= 11 is 0. The maximum atomic E-state index is 4.69. The monoisotopic (exact) mass is 215 g/mol. The fraction of sp³-hybridized carbons (Fsp3) is 0.462. The molecular formula is C13H17N3. The lowest BCUT2D eigenvalue weighted by Crippen LogP contribution is -2.26. The summed E-state index contributed by atoms with van der Waals surface area (Å²) in [6.45, 7) is 4.39. The van der Waals surface area contributed by atoms with Gasteiger partial charge >= 0.3 is 0 Å². The number of aromatic nitrogens is 2. The van der Waals surface area contributed by atoms with E-state index in [4.69, 9.17) is 0 Å². The molecule has 84 valence electrons. The smallest absolute Gasteiger partial charge is 0.0693 e. The van der Waals surface area contributed by atoms with Crippen LogP contribution >= 0.6 is 0 Å². The van der Waals surface area contributed by atoms with E-state index in [1.165, 1.54) is 29.6 Å². The Morgan fingerprint density at radius 3 is 2.94 bits per heavy atom. The van der Waals surface area contributed by atoms with Crippen molar-refractivity contribution in [3.05, 3.63) is 35.7 Å². The molecule has 3 heteroatoms. The molecule has 0 saturated carbocycles. The van der Waals surface area contributed by atoms with Crippen LogP contribution in [0, 0.1) is 6.92 Å². The first kappa shape index (κ1) is 9.85. The minimum atomic E-state index is 0.639. The summed E-state index contributed by atoms with van der Waals surface area (Å²) in [5, 5.41) is 8.08. The molecule has 0 bridgehead atoms. The molecule has 1 aliphatic rings. The molecule has 3 heterocycles. The van der Waals surface area contributed by atoms with E-state index in [-0.39, 0.29) is 0 Å². The van der Waals surface area contributed by atoms with Crippen LogP contribution in [-0.2, 0) is 0 Å². The van der Waals surface area contributed by atoms with Crippen LogP contribution in [0.4, 0.5) is 0 Å². The van der Waals surface area contributed by atoms with Gasteiger partial charge < -0.3 is 5.32 Å². The number of piperidine rings is 1. The van der Waals surface area contributed by atoms with E-state index in [9.17, 15) is 0 Å². The number of nitrogens with zero attached hydrogens (tertiary/aromatic N) is 2. The molecule has 0 atom stereocenters. The number of pyridine rings is 1. The number of rotatable bonds is 1. The highest BCUT2D eigenvalue weighted by Crippen LogP contribution is 2.25. The molecule has 2 aromatic rings. The van der Waals surface area contributed by atoms with Gasteiger partial charge in [0.15, 0.2) is 0 Å². The van der Waals surface area contributed by atoms with Gasteiger partial charge in [0.2, 0.25) is 0 Å². The maximum Gasteiger partial charge on any atom is 0.0693 e. The lowest BCUT2D eigenvalue weighted by molar-refractivity contribution is 0.452. The summed E-state index contributed by atoms with van der Waals surface area (Å²) in [6, 6.07) is 6.45. The highest BCUT2D eigenvalue weighted by Gasteiger charge is 2.18. The van der Waals surface area contributed by atoms with Crippen molar-refractivity contribution < 1.29 is 0 Å². The average Bonchev–Trinajstić information content (AvgIpc) is 2.76. The summed E-state index contributed by atoms with van der Waals surface area (Å²) < 4.78 is 2.01. The number of fused-ring (bicyclic) bond motifs is 1. The Kier molecular flexibility index (Phi) is 2.40. The van der Waals surface area contributed by atoms with Crippen molar-refractivity contribution in [1.82, 2.24) is 14.9 Å². The summed E-state index contributed by atoms with van der Waals surface area (Å²) in [7, 11) is 0. The standard InChI is InChI=1S/C13H17N3/c1-10-3-2-8-16-13(10)9-12(15-16)11-4-6-14-7-5-11/h2-3,8-9,11,14H,4-7H2,1H3. The third-order valence-electron chi connectivity index (χ3n) is 3.49. The second-order valence-corrected chi connectivity index (χ2v) is 4.61. The third-order valence-corrected chi connectivity index (χ3v) is 3.49. The van der Waals surface area contributed by atoms with E-state index in [0.717, 1.165) is 13.1 Å². The predicted octanol–water partition coefficient (Wildman–Crippen LogP) is 2.11. The molecule has 0 aliphatic carbocycles. The van der Waals surface area contributed by atoms with Gasteiger partial charge in [-0.2, -0.15) is 5.10 Å². The van der Waals surface area contributed by atoms with Gasteiger partial charge in [0.05, 0.1) is 11.2 Å². The van der Waals surface area contributed by atoms with Crippen molar-refractivity contribution >= 4 is 5.52 Å². The van der Waals surface area contributed by atoms with Crippen molar-refractivity contribution in [2.45, 2.75) is 25.7 Å². The van der Waals surface area contributed by atoms with Gasteiger partial charge in [-0.1, -0.05) is 6.07 Å². The Hall–Kier alpha value is -1.35. The van der Waals surface area contributed by atoms with Crippen LogP contribution in [0.2, 0.25) is 0 Å². The second kappa shape index (κ2) is 3.91. The Bertz CT molecular complexity index is 495. The fourth-order valence-corrected chi connectivity index (χ4v) is 2.49. The second-order valence-electron chi connectivity index (χ2n) is 4.61. The summed E-state index contributed by atoms with van der Waals surface area (Å²) in [4.78, 5) is 0. The number of aryl methyl sites for hydroxylation is 1. The lowest BCUT2D eigenvalue weighted by atomic mass is 9.94. The largest absolute Gasteiger partial charge is 0.317 e. The van der Waals surface area contributed by atoms with Gasteiger partial charge in [-0.3, -0.25) is 0 Å². The topological polar surface area (TPSA) is 29.3 Å². The Morgan fingerprint density at radius 2 is 2.19 bits per heavy atom. The molecule has 1 aliphatic heterocycles. The summed E-state index contributed by atoms with van der Waals surface area (Å²) in [5.74, 6) is 0.639. The molecular weight excluding hydrogens is 198 g/mol.